The molecule has 2 aromatic carbocycles. The van der Waals surface area contributed by atoms with Crippen LogP contribution in [0.1, 0.15) is 18.8 Å². The molecule has 0 aliphatic carbocycles. The number of benzene rings is 2. The third-order valence-corrected chi connectivity index (χ3v) is 6.87. The zero-order valence-electron chi connectivity index (χ0n) is 21.0. The fraction of sp³-hybridized carbons (Fsp3) is 0.111. The number of anilines is 1. The first kappa shape index (κ1) is 25.3. The average Bonchev–Trinajstić information content (AvgIpc) is 3.35. The van der Waals surface area contributed by atoms with E-state index in [2.05, 4.69) is 20.1 Å². The number of halogens is 3. The van der Waals surface area contributed by atoms with E-state index in [1.807, 2.05) is 0 Å². The van der Waals surface area contributed by atoms with E-state index < -0.39 is 23.2 Å². The second-order valence-corrected chi connectivity index (χ2v) is 9.23. The summed E-state index contributed by atoms with van der Waals surface area (Å²) in [6, 6.07) is 10.2. The molecule has 0 bridgehead atoms. The van der Waals surface area contributed by atoms with Crippen LogP contribution in [0, 0.1) is 11.6 Å². The van der Waals surface area contributed by atoms with E-state index in [9.17, 15) is 9.18 Å². The Morgan fingerprint density at radius 3 is 2.62 bits per heavy atom. The number of hydrogen-bond donors (Lipinski definition) is 1. The summed E-state index contributed by atoms with van der Waals surface area (Å²) >= 11 is 6.39. The molecule has 4 aromatic heterocycles. The zero-order valence-corrected chi connectivity index (χ0v) is 21.8. The van der Waals surface area contributed by atoms with E-state index in [0.29, 0.717) is 11.2 Å². The Bertz CT molecular complexity index is 2000. The Hall–Kier alpha value is -4.97. The highest BCUT2D eigenvalue weighted by molar-refractivity contribution is 6.35. The highest BCUT2D eigenvalue weighted by atomic mass is 35.5. The van der Waals surface area contributed by atoms with Crippen molar-refractivity contribution in [3.63, 3.8) is 0 Å². The molecule has 0 aliphatic heterocycles. The monoisotopic (exact) mass is 560 g/mol. The van der Waals surface area contributed by atoms with Gasteiger partial charge < -0.3 is 10.5 Å². The number of methoxy groups -OCH3 is 1. The Morgan fingerprint density at radius 2 is 1.88 bits per heavy atom. The van der Waals surface area contributed by atoms with Crippen LogP contribution in [0.4, 0.5) is 14.6 Å². The standard InChI is InChI=1S/C27H19ClF2N8O2/c1-13(25-35-17-7-3-6-16(28)19(17)27(39)37(25)14-5-4-10-32-11-14)38-26-20(24(31)33-12-34-26)23(36-38)15-8-9-18(40-2)22(30)21(15)29/h3-13H,1-2H3,(H2,31,33,34)/t13-/m1/s1. The first-order valence-corrected chi connectivity index (χ1v) is 12.3. The highest BCUT2D eigenvalue weighted by Crippen LogP contribution is 2.36. The number of pyridine rings is 1. The van der Waals surface area contributed by atoms with Gasteiger partial charge in [-0.25, -0.2) is 24.0 Å². The molecule has 0 radical (unpaired) electrons. The van der Waals surface area contributed by atoms with E-state index >= 15 is 4.39 Å². The first-order valence-electron chi connectivity index (χ1n) is 11.9. The van der Waals surface area contributed by atoms with Crippen LogP contribution in [0.25, 0.3) is 38.9 Å². The molecule has 10 nitrogen and oxygen atoms in total. The maximum Gasteiger partial charge on any atom is 0.267 e. The number of ether oxygens (including phenoxy) is 1. The van der Waals surface area contributed by atoms with Crippen molar-refractivity contribution in [2.24, 2.45) is 0 Å². The minimum atomic E-state index is -1.18. The topological polar surface area (TPSA) is 127 Å². The Labute approximate surface area is 229 Å². The fourth-order valence-corrected chi connectivity index (χ4v) is 4.91. The van der Waals surface area contributed by atoms with E-state index in [0.717, 1.165) is 0 Å². The van der Waals surface area contributed by atoms with Crippen LogP contribution in [-0.4, -0.2) is 41.4 Å². The van der Waals surface area contributed by atoms with Crippen molar-refractivity contribution in [3.05, 3.63) is 94.0 Å². The smallest absolute Gasteiger partial charge is 0.267 e. The lowest BCUT2D eigenvalue weighted by atomic mass is 10.1. The van der Waals surface area contributed by atoms with Crippen LogP contribution in [0.3, 0.4) is 0 Å². The van der Waals surface area contributed by atoms with E-state index in [-0.39, 0.29) is 50.1 Å². The minimum Gasteiger partial charge on any atom is -0.494 e. The maximum absolute atomic E-state index is 15.2. The third kappa shape index (κ3) is 3.83. The Kier molecular flexibility index (Phi) is 6.11. The molecule has 0 amide bonds. The molecule has 0 spiro atoms. The number of nitrogens with two attached hydrogens (primary N) is 1. The molecule has 0 aliphatic rings. The van der Waals surface area contributed by atoms with Crippen molar-refractivity contribution in [1.29, 1.82) is 0 Å². The van der Waals surface area contributed by atoms with Gasteiger partial charge in [0.25, 0.3) is 5.56 Å². The van der Waals surface area contributed by atoms with Crippen LogP contribution in [-0.2, 0) is 0 Å². The molecule has 4 heterocycles. The summed E-state index contributed by atoms with van der Waals surface area (Å²) in [6.07, 6.45) is 4.33. The number of nitrogen functional groups attached to an aromatic ring is 1. The van der Waals surface area contributed by atoms with Crippen molar-refractivity contribution in [2.75, 3.05) is 12.8 Å². The predicted octanol–water partition coefficient (Wildman–Crippen LogP) is 4.72. The molecule has 0 saturated carbocycles. The quantitative estimate of drug-likeness (QED) is 0.321. The van der Waals surface area contributed by atoms with Crippen LogP contribution in [0.2, 0.25) is 5.02 Å². The normalized spacial score (nSPS) is 12.2. The molecule has 0 fully saturated rings. The van der Waals surface area contributed by atoms with Gasteiger partial charge in [0.1, 0.15) is 29.7 Å². The van der Waals surface area contributed by atoms with Crippen molar-refractivity contribution in [3.8, 4) is 22.7 Å². The molecule has 0 unspecified atom stereocenters. The van der Waals surface area contributed by atoms with Crippen molar-refractivity contribution in [1.82, 2.24) is 34.3 Å². The van der Waals surface area contributed by atoms with E-state index in [1.54, 1.807) is 43.5 Å². The lowest BCUT2D eigenvalue weighted by Crippen LogP contribution is -2.28. The van der Waals surface area contributed by atoms with Crippen LogP contribution in [0.15, 0.2) is 66.0 Å². The van der Waals surface area contributed by atoms with Gasteiger partial charge in [-0.2, -0.15) is 9.49 Å². The lowest BCUT2D eigenvalue weighted by Gasteiger charge is -2.19. The average molecular weight is 561 g/mol. The molecule has 6 rings (SSSR count). The van der Waals surface area contributed by atoms with Gasteiger partial charge in [-0.1, -0.05) is 17.7 Å². The summed E-state index contributed by atoms with van der Waals surface area (Å²) in [5.41, 5.74) is 6.65. The van der Waals surface area contributed by atoms with Crippen LogP contribution in [0.5, 0.6) is 5.75 Å². The number of rotatable bonds is 5. The van der Waals surface area contributed by atoms with Crippen LogP contribution >= 0.6 is 11.6 Å². The number of hydrogen-bond acceptors (Lipinski definition) is 8. The molecule has 40 heavy (non-hydrogen) atoms. The number of aromatic nitrogens is 7. The van der Waals surface area contributed by atoms with Crippen molar-refractivity contribution in [2.45, 2.75) is 13.0 Å². The van der Waals surface area contributed by atoms with Gasteiger partial charge in [0.2, 0.25) is 5.82 Å². The maximum atomic E-state index is 15.2. The fourth-order valence-electron chi connectivity index (χ4n) is 4.66. The minimum absolute atomic E-state index is 0.0111. The Morgan fingerprint density at radius 1 is 1.05 bits per heavy atom. The molecular weight excluding hydrogens is 542 g/mol. The van der Waals surface area contributed by atoms with Gasteiger partial charge in [-0.3, -0.25) is 14.3 Å². The summed E-state index contributed by atoms with van der Waals surface area (Å²) in [7, 11) is 1.24. The van der Waals surface area contributed by atoms with Gasteiger partial charge in [0.05, 0.1) is 40.3 Å². The molecule has 13 heteroatoms. The molecule has 2 N–H and O–H groups in total. The first-order chi connectivity index (χ1) is 19.3. The summed E-state index contributed by atoms with van der Waals surface area (Å²) in [5.74, 6) is -2.33. The van der Waals surface area contributed by atoms with Gasteiger partial charge in [-0.15, -0.1) is 0 Å². The second-order valence-electron chi connectivity index (χ2n) is 8.83. The van der Waals surface area contributed by atoms with E-state index in [4.69, 9.17) is 27.1 Å². The van der Waals surface area contributed by atoms with E-state index in [1.165, 1.54) is 41.0 Å². The molecular formula is C27H19ClF2N8O2. The number of fused-ring (bicyclic) bond motifs is 2. The second kappa shape index (κ2) is 9.65. The van der Waals surface area contributed by atoms with Gasteiger partial charge in [0.15, 0.2) is 17.2 Å². The van der Waals surface area contributed by atoms with Crippen molar-refractivity contribution >= 4 is 39.4 Å². The molecule has 200 valence electrons. The summed E-state index contributed by atoms with van der Waals surface area (Å²) in [6.45, 7) is 1.74. The SMILES string of the molecule is COc1ccc(-c2nn([C@H](C)c3nc4cccc(Cl)c4c(=O)n3-c3cccnc3)c3ncnc(N)c23)c(F)c1F. The molecule has 1 atom stereocenters. The summed E-state index contributed by atoms with van der Waals surface area (Å²) in [4.78, 5) is 31.1. The Balaban J connectivity index is 1.65. The summed E-state index contributed by atoms with van der Waals surface area (Å²) in [5, 5.41) is 5.29. The largest absolute Gasteiger partial charge is 0.494 e. The number of nitrogens with zero attached hydrogens (tertiary/aromatic N) is 7. The highest BCUT2D eigenvalue weighted by Gasteiger charge is 2.28. The zero-order chi connectivity index (χ0) is 28.1. The van der Waals surface area contributed by atoms with Crippen molar-refractivity contribution < 1.29 is 13.5 Å². The lowest BCUT2D eigenvalue weighted by molar-refractivity contribution is 0.372. The van der Waals surface area contributed by atoms with Gasteiger partial charge in [0, 0.05) is 11.8 Å². The molecule has 6 aromatic rings. The van der Waals surface area contributed by atoms with Gasteiger partial charge >= 0.3 is 0 Å². The van der Waals surface area contributed by atoms with Crippen LogP contribution < -0.4 is 16.0 Å². The third-order valence-electron chi connectivity index (χ3n) is 6.56. The van der Waals surface area contributed by atoms with Gasteiger partial charge in [-0.05, 0) is 43.3 Å². The summed E-state index contributed by atoms with van der Waals surface area (Å²) < 4.78 is 37.6. The predicted molar refractivity (Wildman–Crippen MR) is 146 cm³/mol. The molecule has 0 saturated heterocycles.